The fourth-order valence-electron chi connectivity index (χ4n) is 3.35. The van der Waals surface area contributed by atoms with Crippen LogP contribution in [0.1, 0.15) is 26.2 Å². The van der Waals surface area contributed by atoms with Crippen LogP contribution in [0.3, 0.4) is 0 Å². The van der Waals surface area contributed by atoms with Crippen molar-refractivity contribution >= 4 is 20.9 Å². The summed E-state index contributed by atoms with van der Waals surface area (Å²) >= 11 is 0. The first-order chi connectivity index (χ1) is 10.9. The van der Waals surface area contributed by atoms with Gasteiger partial charge in [0.25, 0.3) is 0 Å². The van der Waals surface area contributed by atoms with E-state index in [4.69, 9.17) is 0 Å². The third kappa shape index (κ3) is 2.66. The van der Waals surface area contributed by atoms with Crippen LogP contribution < -0.4 is 0 Å². The molecule has 0 saturated carbocycles. The van der Waals surface area contributed by atoms with Gasteiger partial charge >= 0.3 is 0 Å². The van der Waals surface area contributed by atoms with Gasteiger partial charge in [0.05, 0.1) is 5.39 Å². The van der Waals surface area contributed by atoms with E-state index in [1.54, 1.807) is 12.1 Å². The SMILES string of the molecule is CCC1(CO)CCCN(S(=O)(=O)c2c[nH]c3cccc(F)c23)C1. The van der Waals surface area contributed by atoms with E-state index in [0.717, 1.165) is 6.42 Å². The lowest BCUT2D eigenvalue weighted by Gasteiger charge is -2.40. The number of benzene rings is 1. The number of sulfonamides is 1. The minimum atomic E-state index is -3.81. The van der Waals surface area contributed by atoms with Crippen molar-refractivity contribution in [2.24, 2.45) is 5.41 Å². The largest absolute Gasteiger partial charge is 0.396 e. The van der Waals surface area contributed by atoms with Crippen LogP contribution in [0.15, 0.2) is 29.3 Å². The van der Waals surface area contributed by atoms with Crippen LogP contribution in [0.25, 0.3) is 10.9 Å². The molecule has 1 aliphatic rings. The number of nitrogens with one attached hydrogen (secondary N) is 1. The maximum absolute atomic E-state index is 14.1. The zero-order valence-electron chi connectivity index (χ0n) is 13.0. The Labute approximate surface area is 135 Å². The Bertz CT molecular complexity index is 812. The quantitative estimate of drug-likeness (QED) is 0.898. The van der Waals surface area contributed by atoms with Crippen molar-refractivity contribution in [2.75, 3.05) is 19.7 Å². The van der Waals surface area contributed by atoms with Gasteiger partial charge in [-0.1, -0.05) is 13.0 Å². The van der Waals surface area contributed by atoms with Gasteiger partial charge in [-0.2, -0.15) is 4.31 Å². The lowest BCUT2D eigenvalue weighted by atomic mass is 9.79. The van der Waals surface area contributed by atoms with Crippen LogP contribution >= 0.6 is 0 Å². The van der Waals surface area contributed by atoms with Crippen LogP contribution in [0, 0.1) is 11.2 Å². The summed E-state index contributed by atoms with van der Waals surface area (Å²) < 4.78 is 41.5. The first kappa shape index (κ1) is 16.4. The van der Waals surface area contributed by atoms with Crippen molar-refractivity contribution in [2.45, 2.75) is 31.1 Å². The van der Waals surface area contributed by atoms with Gasteiger partial charge in [-0.25, -0.2) is 12.8 Å². The summed E-state index contributed by atoms with van der Waals surface area (Å²) in [5.41, 5.74) is 0.0557. The van der Waals surface area contributed by atoms with E-state index in [-0.39, 0.29) is 23.4 Å². The number of halogens is 1. The number of H-pyrrole nitrogens is 1. The predicted molar refractivity (Wildman–Crippen MR) is 86.1 cm³/mol. The Morgan fingerprint density at radius 1 is 1.43 bits per heavy atom. The standard InChI is InChI=1S/C16H21FN2O3S/c1-2-16(11-20)7-4-8-19(10-16)23(21,22)14-9-18-13-6-3-5-12(17)15(13)14/h3,5-6,9,18,20H,2,4,7-8,10-11H2,1H3. The maximum atomic E-state index is 14.1. The summed E-state index contributed by atoms with van der Waals surface area (Å²) in [4.78, 5) is 2.80. The number of piperidine rings is 1. The van der Waals surface area contributed by atoms with E-state index in [1.807, 2.05) is 6.92 Å². The summed E-state index contributed by atoms with van der Waals surface area (Å²) in [6.07, 6.45) is 3.55. The molecule has 126 valence electrons. The molecule has 1 fully saturated rings. The molecule has 0 aliphatic carbocycles. The highest BCUT2D eigenvalue weighted by Crippen LogP contribution is 2.36. The molecule has 23 heavy (non-hydrogen) atoms. The molecule has 1 aromatic carbocycles. The van der Waals surface area contributed by atoms with E-state index >= 15 is 0 Å². The Hall–Kier alpha value is -1.44. The number of rotatable bonds is 4. The Morgan fingerprint density at radius 3 is 2.91 bits per heavy atom. The summed E-state index contributed by atoms with van der Waals surface area (Å²) in [7, 11) is -3.81. The van der Waals surface area contributed by atoms with Crippen molar-refractivity contribution in [1.82, 2.24) is 9.29 Å². The highest BCUT2D eigenvalue weighted by atomic mass is 32.2. The second-order valence-corrected chi connectivity index (χ2v) is 8.18. The second-order valence-electron chi connectivity index (χ2n) is 6.27. The summed E-state index contributed by atoms with van der Waals surface area (Å²) in [6.45, 7) is 2.57. The van der Waals surface area contributed by atoms with Crippen LogP contribution in [0.2, 0.25) is 0 Å². The monoisotopic (exact) mass is 340 g/mol. The number of hydrogen-bond donors (Lipinski definition) is 2. The lowest BCUT2D eigenvalue weighted by molar-refractivity contribution is 0.0609. The highest BCUT2D eigenvalue weighted by molar-refractivity contribution is 7.89. The van der Waals surface area contributed by atoms with Gasteiger partial charge in [0.1, 0.15) is 10.7 Å². The minimum Gasteiger partial charge on any atom is -0.396 e. The first-order valence-corrected chi connectivity index (χ1v) is 9.24. The van der Waals surface area contributed by atoms with Crippen LogP contribution in [-0.4, -0.2) is 42.5 Å². The fourth-order valence-corrected chi connectivity index (χ4v) is 5.11. The van der Waals surface area contributed by atoms with E-state index in [2.05, 4.69) is 4.98 Å². The summed E-state index contributed by atoms with van der Waals surface area (Å²) in [6, 6.07) is 4.45. The van der Waals surface area contributed by atoms with Gasteiger partial charge in [-0.05, 0) is 31.4 Å². The van der Waals surface area contributed by atoms with Crippen molar-refractivity contribution in [1.29, 1.82) is 0 Å². The molecular weight excluding hydrogens is 319 g/mol. The predicted octanol–water partition coefficient (Wildman–Crippen LogP) is 2.48. The van der Waals surface area contributed by atoms with Gasteiger partial charge < -0.3 is 10.1 Å². The zero-order valence-corrected chi connectivity index (χ0v) is 13.9. The minimum absolute atomic E-state index is 0.0320. The van der Waals surface area contributed by atoms with Gasteiger partial charge in [-0.3, -0.25) is 0 Å². The highest BCUT2D eigenvalue weighted by Gasteiger charge is 2.39. The topological polar surface area (TPSA) is 73.4 Å². The van der Waals surface area contributed by atoms with Crippen molar-refractivity contribution in [3.63, 3.8) is 0 Å². The number of hydrogen-bond acceptors (Lipinski definition) is 3. The van der Waals surface area contributed by atoms with Crippen LogP contribution in [0.5, 0.6) is 0 Å². The molecule has 1 aliphatic heterocycles. The van der Waals surface area contributed by atoms with Crippen molar-refractivity contribution < 1.29 is 17.9 Å². The van der Waals surface area contributed by atoms with Crippen LogP contribution in [0.4, 0.5) is 4.39 Å². The number of aromatic nitrogens is 1. The Morgan fingerprint density at radius 2 is 2.22 bits per heavy atom. The fraction of sp³-hybridized carbons (Fsp3) is 0.500. The zero-order chi connectivity index (χ0) is 16.7. The Kier molecular flexibility index (Phi) is 4.20. The molecule has 2 heterocycles. The summed E-state index contributed by atoms with van der Waals surface area (Å²) in [5.74, 6) is -0.553. The number of aliphatic hydroxyl groups is 1. The third-order valence-corrected chi connectivity index (χ3v) is 6.82. The van der Waals surface area contributed by atoms with Crippen molar-refractivity contribution in [3.05, 3.63) is 30.2 Å². The molecule has 1 saturated heterocycles. The molecule has 0 radical (unpaired) electrons. The third-order valence-electron chi connectivity index (χ3n) is 4.95. The molecule has 0 bridgehead atoms. The van der Waals surface area contributed by atoms with E-state index < -0.39 is 21.3 Å². The molecule has 2 aromatic rings. The average molecular weight is 340 g/mol. The van der Waals surface area contributed by atoms with E-state index in [0.29, 0.717) is 24.9 Å². The van der Waals surface area contributed by atoms with Gasteiger partial charge in [-0.15, -0.1) is 0 Å². The average Bonchev–Trinajstić information content (AvgIpc) is 3.01. The van der Waals surface area contributed by atoms with Crippen LogP contribution in [-0.2, 0) is 10.0 Å². The lowest BCUT2D eigenvalue weighted by Crippen LogP contribution is -2.47. The van der Waals surface area contributed by atoms with E-state index in [1.165, 1.54) is 16.6 Å². The van der Waals surface area contributed by atoms with Gasteiger partial charge in [0.15, 0.2) is 0 Å². The molecule has 7 heteroatoms. The molecule has 1 aromatic heterocycles. The summed E-state index contributed by atoms with van der Waals surface area (Å²) in [5, 5.41) is 9.78. The maximum Gasteiger partial charge on any atom is 0.245 e. The smallest absolute Gasteiger partial charge is 0.245 e. The molecule has 2 N–H and O–H groups in total. The normalized spacial score (nSPS) is 23.4. The molecule has 0 spiro atoms. The van der Waals surface area contributed by atoms with E-state index in [9.17, 15) is 17.9 Å². The first-order valence-electron chi connectivity index (χ1n) is 7.80. The number of nitrogens with zero attached hydrogens (tertiary/aromatic N) is 1. The molecule has 3 rings (SSSR count). The number of aromatic amines is 1. The van der Waals surface area contributed by atoms with Gasteiger partial charge in [0.2, 0.25) is 10.0 Å². The molecule has 0 amide bonds. The second kappa shape index (κ2) is 5.89. The molecular formula is C16H21FN2O3S. The Balaban J connectivity index is 2.04. The molecule has 1 unspecified atom stereocenters. The van der Waals surface area contributed by atoms with Crippen molar-refractivity contribution in [3.8, 4) is 0 Å². The number of aliphatic hydroxyl groups excluding tert-OH is 1. The van der Waals surface area contributed by atoms with Gasteiger partial charge in [0, 0.05) is 36.8 Å². The number of fused-ring (bicyclic) bond motifs is 1. The molecule has 5 nitrogen and oxygen atoms in total. The molecule has 1 atom stereocenters.